The molecule has 0 amide bonds. The van der Waals surface area contributed by atoms with Gasteiger partial charge in [0.25, 0.3) is 0 Å². The first-order valence-corrected chi connectivity index (χ1v) is 7.67. The Morgan fingerprint density at radius 1 is 0.952 bits per heavy atom. The van der Waals surface area contributed by atoms with Crippen LogP contribution in [-0.4, -0.2) is 19.7 Å². The summed E-state index contributed by atoms with van der Waals surface area (Å²) in [5.41, 5.74) is 2.00. The molecule has 110 valence electrons. The molecule has 1 aliphatic rings. The van der Waals surface area contributed by atoms with Gasteiger partial charge in [0.2, 0.25) is 0 Å². The molecule has 1 aliphatic heterocycles. The number of methoxy groups -OCH3 is 1. The molecular weight excluding hydrogens is 258 g/mol. The van der Waals surface area contributed by atoms with Crippen molar-refractivity contribution in [3.8, 4) is 0 Å². The lowest BCUT2D eigenvalue weighted by atomic mass is 9.78. The van der Waals surface area contributed by atoms with Crippen LogP contribution in [0.15, 0.2) is 60.7 Å². The number of nitrogens with one attached hydrogen (secondary N) is 1. The van der Waals surface area contributed by atoms with Crippen molar-refractivity contribution in [2.24, 2.45) is 5.92 Å². The lowest BCUT2D eigenvalue weighted by Gasteiger charge is -2.39. The Morgan fingerprint density at radius 3 is 1.86 bits per heavy atom. The molecule has 2 atom stereocenters. The van der Waals surface area contributed by atoms with E-state index in [0.717, 1.165) is 13.0 Å². The molecule has 0 aliphatic carbocycles. The number of benzene rings is 2. The van der Waals surface area contributed by atoms with Gasteiger partial charge in [-0.25, -0.2) is 0 Å². The second kappa shape index (κ2) is 6.00. The maximum atomic E-state index is 6.18. The van der Waals surface area contributed by atoms with E-state index < -0.39 is 5.60 Å². The van der Waals surface area contributed by atoms with E-state index in [4.69, 9.17) is 4.74 Å². The molecule has 0 radical (unpaired) electrons. The van der Waals surface area contributed by atoms with Crippen molar-refractivity contribution in [2.45, 2.75) is 25.0 Å². The maximum Gasteiger partial charge on any atom is 0.133 e. The number of hydrogen-bond acceptors (Lipinski definition) is 2. The second-order valence-corrected chi connectivity index (χ2v) is 5.97. The summed E-state index contributed by atoms with van der Waals surface area (Å²) in [4.78, 5) is 0. The molecule has 0 saturated carbocycles. The average Bonchev–Trinajstić information content (AvgIpc) is 2.98. The number of ether oxygens (including phenoxy) is 1. The Kier molecular flexibility index (Phi) is 4.09. The van der Waals surface area contributed by atoms with Crippen LogP contribution >= 0.6 is 0 Å². The van der Waals surface area contributed by atoms with Crippen molar-refractivity contribution in [3.05, 3.63) is 71.8 Å². The Bertz CT molecular complexity index is 527. The van der Waals surface area contributed by atoms with Gasteiger partial charge < -0.3 is 10.1 Å². The zero-order chi connectivity index (χ0) is 14.7. The largest absolute Gasteiger partial charge is 0.367 e. The van der Waals surface area contributed by atoms with Crippen molar-refractivity contribution >= 4 is 0 Å². The van der Waals surface area contributed by atoms with Crippen LogP contribution in [0.4, 0.5) is 0 Å². The van der Waals surface area contributed by atoms with Gasteiger partial charge in [0, 0.05) is 13.2 Å². The monoisotopic (exact) mass is 281 g/mol. The van der Waals surface area contributed by atoms with E-state index in [0.29, 0.717) is 12.0 Å². The quantitative estimate of drug-likeness (QED) is 0.925. The van der Waals surface area contributed by atoms with Crippen LogP contribution in [0.25, 0.3) is 0 Å². The molecular formula is C19H23NO. The zero-order valence-corrected chi connectivity index (χ0v) is 12.8. The smallest absolute Gasteiger partial charge is 0.133 e. The van der Waals surface area contributed by atoms with Crippen molar-refractivity contribution in [3.63, 3.8) is 0 Å². The van der Waals surface area contributed by atoms with Gasteiger partial charge >= 0.3 is 0 Å². The van der Waals surface area contributed by atoms with Crippen molar-refractivity contribution in [1.29, 1.82) is 0 Å². The van der Waals surface area contributed by atoms with Gasteiger partial charge in [-0.1, -0.05) is 67.6 Å². The van der Waals surface area contributed by atoms with Crippen LogP contribution in [0, 0.1) is 5.92 Å². The number of hydrogen-bond donors (Lipinski definition) is 1. The summed E-state index contributed by atoms with van der Waals surface area (Å²) in [6.45, 7) is 3.35. The molecule has 2 aromatic rings. The highest BCUT2D eigenvalue weighted by atomic mass is 16.5. The lowest BCUT2D eigenvalue weighted by molar-refractivity contribution is -0.00704. The van der Waals surface area contributed by atoms with Gasteiger partial charge in [0.15, 0.2) is 0 Å². The average molecular weight is 281 g/mol. The number of rotatable bonds is 4. The first-order valence-electron chi connectivity index (χ1n) is 7.67. The normalized spacial score (nSPS) is 22.4. The predicted molar refractivity (Wildman–Crippen MR) is 86.2 cm³/mol. The fourth-order valence-electron chi connectivity index (χ4n) is 3.54. The summed E-state index contributed by atoms with van der Waals surface area (Å²) >= 11 is 0. The molecule has 0 bridgehead atoms. The van der Waals surface area contributed by atoms with E-state index in [1.54, 1.807) is 0 Å². The highest BCUT2D eigenvalue weighted by Crippen LogP contribution is 2.40. The van der Waals surface area contributed by atoms with E-state index in [-0.39, 0.29) is 0 Å². The Morgan fingerprint density at radius 2 is 1.48 bits per heavy atom. The third kappa shape index (κ3) is 2.50. The summed E-state index contributed by atoms with van der Waals surface area (Å²) in [6, 6.07) is 21.4. The maximum absolute atomic E-state index is 6.18. The first-order chi connectivity index (χ1) is 10.3. The van der Waals surface area contributed by atoms with Crippen LogP contribution in [0.3, 0.4) is 0 Å². The fourth-order valence-corrected chi connectivity index (χ4v) is 3.54. The van der Waals surface area contributed by atoms with Crippen LogP contribution < -0.4 is 5.32 Å². The standard InChI is InChI=1S/C19H23NO/c1-15-13-18(20-14-15)19(21-2,16-9-5-3-6-10-16)17-11-7-4-8-12-17/h3-12,15,18,20H,13-14H2,1-2H3/t15?,18-/m0/s1. The van der Waals surface area contributed by atoms with Gasteiger partial charge in [0.05, 0.1) is 0 Å². The lowest BCUT2D eigenvalue weighted by Crippen LogP contribution is -2.47. The molecule has 1 heterocycles. The summed E-state index contributed by atoms with van der Waals surface area (Å²) in [5.74, 6) is 0.678. The molecule has 2 heteroatoms. The zero-order valence-electron chi connectivity index (χ0n) is 12.8. The third-order valence-corrected chi connectivity index (χ3v) is 4.57. The summed E-state index contributed by atoms with van der Waals surface area (Å²) < 4.78 is 6.18. The second-order valence-electron chi connectivity index (χ2n) is 5.97. The van der Waals surface area contributed by atoms with Crippen molar-refractivity contribution in [1.82, 2.24) is 5.32 Å². The van der Waals surface area contributed by atoms with Crippen molar-refractivity contribution < 1.29 is 4.74 Å². The van der Waals surface area contributed by atoms with Crippen LogP contribution in [0.2, 0.25) is 0 Å². The highest BCUT2D eigenvalue weighted by molar-refractivity contribution is 5.39. The van der Waals surface area contributed by atoms with Crippen LogP contribution in [-0.2, 0) is 10.3 Å². The van der Waals surface area contributed by atoms with Gasteiger partial charge in [0.1, 0.15) is 5.60 Å². The molecule has 21 heavy (non-hydrogen) atoms. The fraction of sp³-hybridized carbons (Fsp3) is 0.368. The van der Waals surface area contributed by atoms with E-state index in [1.165, 1.54) is 11.1 Å². The molecule has 1 fully saturated rings. The van der Waals surface area contributed by atoms with Gasteiger partial charge in [-0.15, -0.1) is 0 Å². The molecule has 2 nitrogen and oxygen atoms in total. The molecule has 0 spiro atoms. The first kappa shape index (κ1) is 14.3. The minimum absolute atomic E-state index is 0.294. The molecule has 2 aromatic carbocycles. The van der Waals surface area contributed by atoms with Gasteiger partial charge in [-0.2, -0.15) is 0 Å². The van der Waals surface area contributed by atoms with E-state index in [2.05, 4.69) is 72.9 Å². The van der Waals surface area contributed by atoms with Crippen molar-refractivity contribution in [2.75, 3.05) is 13.7 Å². The Labute approximate surface area is 127 Å². The van der Waals surface area contributed by atoms with E-state index in [9.17, 15) is 0 Å². The summed E-state index contributed by atoms with van der Waals surface area (Å²) in [5, 5.41) is 3.67. The molecule has 1 saturated heterocycles. The molecule has 1 N–H and O–H groups in total. The minimum Gasteiger partial charge on any atom is -0.367 e. The predicted octanol–water partition coefficient (Wildman–Crippen LogP) is 3.57. The SMILES string of the molecule is COC(c1ccccc1)(c1ccccc1)[C@@H]1CC(C)CN1. The third-order valence-electron chi connectivity index (χ3n) is 4.57. The van der Waals surface area contributed by atoms with Crippen LogP contribution in [0.5, 0.6) is 0 Å². The highest BCUT2D eigenvalue weighted by Gasteiger charge is 2.44. The molecule has 0 aromatic heterocycles. The Hall–Kier alpha value is -1.64. The van der Waals surface area contributed by atoms with E-state index in [1.807, 2.05) is 7.11 Å². The van der Waals surface area contributed by atoms with E-state index >= 15 is 0 Å². The summed E-state index contributed by atoms with van der Waals surface area (Å²) in [6.07, 6.45) is 1.12. The minimum atomic E-state index is -0.423. The molecule has 1 unspecified atom stereocenters. The Balaban J connectivity index is 2.13. The van der Waals surface area contributed by atoms with Gasteiger partial charge in [-0.05, 0) is 30.0 Å². The topological polar surface area (TPSA) is 21.3 Å². The van der Waals surface area contributed by atoms with Gasteiger partial charge in [-0.3, -0.25) is 0 Å². The van der Waals surface area contributed by atoms with Crippen LogP contribution in [0.1, 0.15) is 24.5 Å². The molecule has 3 rings (SSSR count). The summed E-state index contributed by atoms with van der Waals surface area (Å²) in [7, 11) is 1.82.